The highest BCUT2D eigenvalue weighted by molar-refractivity contribution is 6.16. The molecule has 2 aliphatic rings. The van der Waals surface area contributed by atoms with E-state index in [1.807, 2.05) is 67.6 Å². The van der Waals surface area contributed by atoms with Gasteiger partial charge in [-0.3, -0.25) is 9.59 Å². The number of carbonyl (C=O) groups excluding carboxylic acids is 3. The summed E-state index contributed by atoms with van der Waals surface area (Å²) in [4.78, 5) is 40.0. The van der Waals surface area contributed by atoms with Crippen molar-refractivity contribution in [3.05, 3.63) is 82.9 Å². The second-order valence-electron chi connectivity index (χ2n) is 7.25. The van der Waals surface area contributed by atoms with Crippen molar-refractivity contribution in [2.75, 3.05) is 6.61 Å². The van der Waals surface area contributed by atoms with Crippen LogP contribution >= 0.6 is 0 Å². The van der Waals surface area contributed by atoms with E-state index in [0.29, 0.717) is 5.57 Å². The molecule has 0 saturated carbocycles. The van der Waals surface area contributed by atoms with Gasteiger partial charge in [0.15, 0.2) is 5.78 Å². The number of ether oxygens (including phenoxy) is 1. The van der Waals surface area contributed by atoms with Gasteiger partial charge in [-0.25, -0.2) is 9.69 Å². The fourth-order valence-corrected chi connectivity index (χ4v) is 4.16. The zero-order valence-corrected chi connectivity index (χ0v) is 15.8. The lowest BCUT2D eigenvalue weighted by Crippen LogP contribution is -2.42. The van der Waals surface area contributed by atoms with E-state index in [2.05, 4.69) is 0 Å². The normalized spacial score (nSPS) is 24.6. The van der Waals surface area contributed by atoms with Crippen LogP contribution in [-0.2, 0) is 14.3 Å². The first-order valence-electron chi connectivity index (χ1n) is 9.32. The van der Waals surface area contributed by atoms with Gasteiger partial charge in [0, 0.05) is 5.92 Å². The van der Waals surface area contributed by atoms with E-state index in [4.69, 9.17) is 4.74 Å². The Hall–Kier alpha value is -3.21. The molecule has 2 aromatic carbocycles. The molecule has 1 aliphatic heterocycles. The number of hydrogen-bond donors (Lipinski definition) is 0. The SMILES string of the molecule is CC1=C(C)[C@H](c2ccccc2)[C@H](C(=O)N2C(=O)OC[C@@H]2c2ccccc2)C1=O. The second-order valence-corrected chi connectivity index (χ2v) is 7.25. The summed E-state index contributed by atoms with van der Waals surface area (Å²) in [6.07, 6.45) is -0.694. The minimum atomic E-state index is -0.945. The number of carbonyl (C=O) groups is 3. The molecule has 5 nitrogen and oxygen atoms in total. The molecule has 0 radical (unpaired) electrons. The van der Waals surface area contributed by atoms with E-state index in [1.54, 1.807) is 6.92 Å². The highest BCUT2D eigenvalue weighted by Crippen LogP contribution is 2.44. The molecular weight excluding hydrogens is 354 g/mol. The van der Waals surface area contributed by atoms with Crippen molar-refractivity contribution in [1.29, 1.82) is 0 Å². The number of nitrogens with zero attached hydrogens (tertiary/aromatic N) is 1. The Balaban J connectivity index is 1.73. The highest BCUT2D eigenvalue weighted by atomic mass is 16.6. The molecule has 0 bridgehead atoms. The van der Waals surface area contributed by atoms with Gasteiger partial charge in [-0.1, -0.05) is 66.2 Å². The summed E-state index contributed by atoms with van der Waals surface area (Å²) in [5, 5.41) is 0. The second kappa shape index (κ2) is 7.08. The number of ketones is 1. The van der Waals surface area contributed by atoms with Crippen molar-refractivity contribution >= 4 is 17.8 Å². The standard InChI is InChI=1S/C23H21NO4/c1-14-15(2)21(25)20(19(14)17-11-7-4-8-12-17)22(26)24-18(13-28-23(24)27)16-9-5-3-6-10-16/h3-12,18-20H,13H2,1-2H3/t18-,19-,20+/m1/s1. The number of allylic oxidation sites excluding steroid dienone is 2. The minimum Gasteiger partial charge on any atom is -0.446 e. The van der Waals surface area contributed by atoms with E-state index < -0.39 is 24.0 Å². The molecule has 28 heavy (non-hydrogen) atoms. The van der Waals surface area contributed by atoms with Crippen molar-refractivity contribution in [3.8, 4) is 0 Å². The van der Waals surface area contributed by atoms with Crippen molar-refractivity contribution in [2.45, 2.75) is 25.8 Å². The molecule has 0 N–H and O–H groups in total. The number of benzene rings is 2. The highest BCUT2D eigenvalue weighted by Gasteiger charge is 2.50. The summed E-state index contributed by atoms with van der Waals surface area (Å²) in [7, 11) is 0. The van der Waals surface area contributed by atoms with Gasteiger partial charge in [0.25, 0.3) is 0 Å². The van der Waals surface area contributed by atoms with Crippen molar-refractivity contribution in [1.82, 2.24) is 4.90 Å². The average Bonchev–Trinajstić information content (AvgIpc) is 3.22. The average molecular weight is 375 g/mol. The molecule has 1 aliphatic carbocycles. The number of hydrogen-bond acceptors (Lipinski definition) is 4. The fraction of sp³-hybridized carbons (Fsp3) is 0.261. The number of amides is 2. The molecule has 2 amide bonds. The summed E-state index contributed by atoms with van der Waals surface area (Å²) >= 11 is 0. The zero-order valence-electron chi connectivity index (χ0n) is 15.8. The molecule has 142 valence electrons. The summed E-state index contributed by atoms with van der Waals surface area (Å²) in [5.74, 6) is -2.03. The summed E-state index contributed by atoms with van der Waals surface area (Å²) in [5.41, 5.74) is 3.17. The Bertz CT molecular complexity index is 965. The largest absolute Gasteiger partial charge is 0.446 e. The van der Waals surface area contributed by atoms with Gasteiger partial charge in [-0.2, -0.15) is 0 Å². The van der Waals surface area contributed by atoms with Crippen molar-refractivity contribution < 1.29 is 19.1 Å². The Morgan fingerprint density at radius 2 is 1.50 bits per heavy atom. The third kappa shape index (κ3) is 2.83. The van der Waals surface area contributed by atoms with E-state index in [1.165, 1.54) is 0 Å². The van der Waals surface area contributed by atoms with Crippen LogP contribution in [0.3, 0.4) is 0 Å². The van der Waals surface area contributed by atoms with Crippen LogP contribution < -0.4 is 0 Å². The molecule has 1 heterocycles. The molecule has 3 atom stereocenters. The lowest BCUT2D eigenvalue weighted by Gasteiger charge is -2.26. The molecule has 0 aromatic heterocycles. The summed E-state index contributed by atoms with van der Waals surface area (Å²) in [6, 6.07) is 18.3. The summed E-state index contributed by atoms with van der Waals surface area (Å²) < 4.78 is 5.18. The maximum Gasteiger partial charge on any atom is 0.417 e. The molecule has 5 heteroatoms. The van der Waals surface area contributed by atoms with Gasteiger partial charge in [-0.15, -0.1) is 0 Å². The maximum absolute atomic E-state index is 13.5. The molecule has 0 spiro atoms. The minimum absolute atomic E-state index is 0.0941. The van der Waals surface area contributed by atoms with Gasteiger partial charge in [-0.05, 0) is 30.5 Å². The van der Waals surface area contributed by atoms with Crippen LogP contribution in [0.2, 0.25) is 0 Å². The van der Waals surface area contributed by atoms with E-state index in [0.717, 1.165) is 21.6 Å². The maximum atomic E-state index is 13.5. The number of Topliss-reactive ketones (excluding diaryl/α,β-unsaturated/α-hetero) is 1. The van der Waals surface area contributed by atoms with Crippen LogP contribution in [0.1, 0.15) is 36.9 Å². The Morgan fingerprint density at radius 3 is 2.11 bits per heavy atom. The molecular formula is C23H21NO4. The Kier molecular flexibility index (Phi) is 4.59. The topological polar surface area (TPSA) is 63.7 Å². The number of rotatable bonds is 3. The molecule has 4 rings (SSSR count). The zero-order chi connectivity index (χ0) is 19.8. The van der Waals surface area contributed by atoms with Crippen molar-refractivity contribution in [3.63, 3.8) is 0 Å². The predicted molar refractivity (Wildman–Crippen MR) is 103 cm³/mol. The van der Waals surface area contributed by atoms with Crippen LogP contribution in [0.15, 0.2) is 71.8 Å². The van der Waals surface area contributed by atoms with Crippen LogP contribution in [0.25, 0.3) is 0 Å². The molecule has 1 saturated heterocycles. The van der Waals surface area contributed by atoms with Crippen LogP contribution in [0.4, 0.5) is 4.79 Å². The first-order valence-corrected chi connectivity index (χ1v) is 9.32. The van der Waals surface area contributed by atoms with Gasteiger partial charge in [0.05, 0.1) is 0 Å². The lowest BCUT2D eigenvalue weighted by molar-refractivity contribution is -0.138. The third-order valence-corrected chi connectivity index (χ3v) is 5.76. The van der Waals surface area contributed by atoms with Crippen LogP contribution in [-0.4, -0.2) is 29.3 Å². The van der Waals surface area contributed by atoms with Crippen LogP contribution in [0, 0.1) is 5.92 Å². The van der Waals surface area contributed by atoms with Gasteiger partial charge in [0.2, 0.25) is 5.91 Å². The van der Waals surface area contributed by atoms with Crippen LogP contribution in [0.5, 0.6) is 0 Å². The number of cyclic esters (lactones) is 1. The first kappa shape index (κ1) is 18.2. The fourth-order valence-electron chi connectivity index (χ4n) is 4.16. The Labute approximate surface area is 163 Å². The monoisotopic (exact) mass is 375 g/mol. The predicted octanol–water partition coefficient (Wildman–Crippen LogP) is 4.03. The summed E-state index contributed by atoms with van der Waals surface area (Å²) in [6.45, 7) is 3.73. The number of imide groups is 1. The van der Waals surface area contributed by atoms with E-state index >= 15 is 0 Å². The smallest absolute Gasteiger partial charge is 0.417 e. The lowest BCUT2D eigenvalue weighted by atomic mass is 9.83. The molecule has 1 fully saturated rings. The van der Waals surface area contributed by atoms with Gasteiger partial charge >= 0.3 is 6.09 Å². The Morgan fingerprint density at radius 1 is 0.929 bits per heavy atom. The third-order valence-electron chi connectivity index (χ3n) is 5.76. The van der Waals surface area contributed by atoms with Gasteiger partial charge in [0.1, 0.15) is 18.6 Å². The van der Waals surface area contributed by atoms with E-state index in [-0.39, 0.29) is 18.3 Å². The van der Waals surface area contributed by atoms with E-state index in [9.17, 15) is 14.4 Å². The van der Waals surface area contributed by atoms with Crippen molar-refractivity contribution in [2.24, 2.45) is 5.92 Å². The molecule has 2 aromatic rings. The molecule has 0 unspecified atom stereocenters. The first-order chi connectivity index (χ1) is 13.5. The van der Waals surface area contributed by atoms with Gasteiger partial charge < -0.3 is 4.74 Å². The quantitative estimate of drug-likeness (QED) is 0.760.